The molecule has 0 aliphatic heterocycles. The van der Waals surface area contributed by atoms with Crippen molar-refractivity contribution >= 4 is 40.4 Å². The first-order valence-electron chi connectivity index (χ1n) is 18.0. The van der Waals surface area contributed by atoms with Crippen molar-refractivity contribution in [3.05, 3.63) is 172 Å². The minimum absolute atomic E-state index is 0.145. The first kappa shape index (κ1) is 37.6. The lowest BCUT2D eigenvalue weighted by molar-refractivity contribution is -0.139. The standard InChI is InChI=1S/C22H16N4O.C14H12N4O.C9H10O2/c1-14-7-9-16(10-8-14)19-12-20-23-13-17-11-18(15-5-3-2-4-6-15)22(27)24-21(17)26(20)25-19;1-9-2-4-10(5-3-9)12-6-13-16-7-11(8-19)14(15)18(13)17-12;1-11-9(10)7-8-5-3-2-4-6-8/h2-13H,1H3,(H,24,27);2-8H,15H2,1H3;2-6H,7H2,1H3. The molecule has 0 saturated carbocycles. The number of carbonyl (C=O) groups is 2. The van der Waals surface area contributed by atoms with E-state index in [0.29, 0.717) is 46.6 Å². The third-order valence-electron chi connectivity index (χ3n) is 9.16. The third kappa shape index (κ3) is 8.50. The highest BCUT2D eigenvalue weighted by Gasteiger charge is 2.13. The Kier molecular flexibility index (Phi) is 11.0. The van der Waals surface area contributed by atoms with Gasteiger partial charge < -0.3 is 15.5 Å². The molecule has 9 aromatic rings. The van der Waals surface area contributed by atoms with Crippen LogP contribution in [0, 0.1) is 13.8 Å². The zero-order valence-corrected chi connectivity index (χ0v) is 31.5. The molecule has 0 amide bonds. The number of aromatic nitrogens is 7. The van der Waals surface area contributed by atoms with Gasteiger partial charge in [-0.05, 0) is 31.0 Å². The van der Waals surface area contributed by atoms with Gasteiger partial charge in [0, 0.05) is 46.6 Å². The number of esters is 1. The number of nitrogens with two attached hydrogens (primary N) is 1. The Bertz CT molecular complexity index is 2880. The number of carbonyl (C=O) groups excluding carboxylic acids is 2. The molecule has 0 aliphatic rings. The normalized spacial score (nSPS) is 10.7. The van der Waals surface area contributed by atoms with Crippen LogP contribution in [0.5, 0.6) is 0 Å². The average Bonchev–Trinajstić information content (AvgIpc) is 3.89. The molecule has 3 N–H and O–H groups in total. The van der Waals surface area contributed by atoms with E-state index in [9.17, 15) is 14.4 Å². The Morgan fingerprint density at radius 1 is 0.719 bits per heavy atom. The van der Waals surface area contributed by atoms with Gasteiger partial charge in [-0.3, -0.25) is 14.4 Å². The second kappa shape index (κ2) is 16.7. The molecule has 4 aromatic carbocycles. The molecular weight excluding hydrogens is 717 g/mol. The number of nitrogens with one attached hydrogen (secondary N) is 1. The largest absolute Gasteiger partial charge is 0.469 e. The highest BCUT2D eigenvalue weighted by molar-refractivity contribution is 5.83. The fraction of sp³-hybridized carbons (Fsp3) is 0.0889. The van der Waals surface area contributed by atoms with E-state index < -0.39 is 0 Å². The number of benzene rings is 4. The molecule has 57 heavy (non-hydrogen) atoms. The van der Waals surface area contributed by atoms with Gasteiger partial charge >= 0.3 is 5.97 Å². The molecule has 0 unspecified atom stereocenters. The lowest BCUT2D eigenvalue weighted by Crippen LogP contribution is -2.11. The van der Waals surface area contributed by atoms with Crippen molar-refractivity contribution < 1.29 is 14.3 Å². The predicted octanol–water partition coefficient (Wildman–Crippen LogP) is 7.71. The quantitative estimate of drug-likeness (QED) is 0.128. The van der Waals surface area contributed by atoms with Gasteiger partial charge in [-0.1, -0.05) is 120 Å². The van der Waals surface area contributed by atoms with E-state index in [1.54, 1.807) is 10.7 Å². The number of methoxy groups -OCH3 is 1. The van der Waals surface area contributed by atoms with E-state index in [4.69, 9.17) is 5.73 Å². The summed E-state index contributed by atoms with van der Waals surface area (Å²) >= 11 is 0. The van der Waals surface area contributed by atoms with Gasteiger partial charge in [-0.15, -0.1) is 0 Å². The number of anilines is 1. The van der Waals surface area contributed by atoms with Crippen molar-refractivity contribution in [2.45, 2.75) is 20.3 Å². The first-order valence-corrected chi connectivity index (χ1v) is 18.0. The number of nitrogen functional groups attached to an aromatic ring is 1. The van der Waals surface area contributed by atoms with Crippen LogP contribution in [0.4, 0.5) is 5.82 Å². The van der Waals surface area contributed by atoms with Gasteiger partial charge in [0.2, 0.25) is 0 Å². The second-order valence-electron chi connectivity index (χ2n) is 13.2. The van der Waals surface area contributed by atoms with Crippen molar-refractivity contribution in [1.29, 1.82) is 0 Å². The highest BCUT2D eigenvalue weighted by Crippen LogP contribution is 2.24. The minimum atomic E-state index is -0.198. The number of aldehydes is 1. The number of pyridine rings is 1. The maximum Gasteiger partial charge on any atom is 0.309 e. The molecule has 9 rings (SSSR count). The van der Waals surface area contributed by atoms with Crippen LogP contribution in [-0.4, -0.2) is 53.5 Å². The van der Waals surface area contributed by atoms with Crippen LogP contribution in [0.25, 0.3) is 56.0 Å². The number of nitrogens with zero attached hydrogens (tertiary/aromatic N) is 6. The van der Waals surface area contributed by atoms with Gasteiger partial charge in [0.1, 0.15) is 11.5 Å². The maximum absolute atomic E-state index is 12.7. The molecule has 5 aromatic heterocycles. The first-order chi connectivity index (χ1) is 27.7. The monoisotopic (exact) mass is 754 g/mol. The van der Waals surface area contributed by atoms with Gasteiger partial charge in [-0.25, -0.2) is 9.97 Å². The summed E-state index contributed by atoms with van der Waals surface area (Å²) in [4.78, 5) is 45.9. The number of rotatable bonds is 6. The van der Waals surface area contributed by atoms with E-state index in [1.165, 1.54) is 28.9 Å². The lowest BCUT2D eigenvalue weighted by atomic mass is 10.1. The summed E-state index contributed by atoms with van der Waals surface area (Å²) in [6.07, 6.45) is 4.26. The summed E-state index contributed by atoms with van der Waals surface area (Å²) in [5.74, 6) is 0.106. The molecule has 0 atom stereocenters. The molecule has 0 fully saturated rings. The zero-order valence-electron chi connectivity index (χ0n) is 31.5. The Labute approximate surface area is 327 Å². The third-order valence-corrected chi connectivity index (χ3v) is 9.16. The van der Waals surface area contributed by atoms with Crippen molar-refractivity contribution in [3.63, 3.8) is 0 Å². The summed E-state index contributed by atoms with van der Waals surface area (Å²) in [5.41, 5.74) is 16.5. The number of aryl methyl sites for hydroxylation is 2. The number of aromatic amines is 1. The number of fused-ring (bicyclic) bond motifs is 4. The molecule has 0 radical (unpaired) electrons. The van der Waals surface area contributed by atoms with E-state index in [1.807, 2.05) is 122 Å². The van der Waals surface area contributed by atoms with Crippen LogP contribution in [-0.2, 0) is 16.0 Å². The van der Waals surface area contributed by atoms with Crippen LogP contribution < -0.4 is 11.3 Å². The number of ether oxygens (including phenoxy) is 1. The molecule has 12 nitrogen and oxygen atoms in total. The minimum Gasteiger partial charge on any atom is -0.469 e. The molecule has 0 bridgehead atoms. The topological polar surface area (TPSA) is 163 Å². The molecular formula is C45H38N8O4. The van der Waals surface area contributed by atoms with Gasteiger partial charge in [0.25, 0.3) is 5.56 Å². The van der Waals surface area contributed by atoms with Crippen LogP contribution in [0.15, 0.2) is 145 Å². The van der Waals surface area contributed by atoms with E-state index in [-0.39, 0.29) is 11.5 Å². The summed E-state index contributed by atoms with van der Waals surface area (Å²) in [5, 5.41) is 9.89. The predicted molar refractivity (Wildman–Crippen MR) is 222 cm³/mol. The van der Waals surface area contributed by atoms with E-state index >= 15 is 0 Å². The maximum atomic E-state index is 12.7. The number of hydrogen-bond donors (Lipinski definition) is 2. The number of hydrogen-bond acceptors (Lipinski definition) is 9. The summed E-state index contributed by atoms with van der Waals surface area (Å²) in [6, 6.07) is 41.0. The van der Waals surface area contributed by atoms with E-state index in [0.717, 1.165) is 39.0 Å². The summed E-state index contributed by atoms with van der Waals surface area (Å²) < 4.78 is 7.70. The molecule has 12 heteroatoms. The van der Waals surface area contributed by atoms with Crippen molar-refractivity contribution in [2.75, 3.05) is 12.8 Å². The summed E-state index contributed by atoms with van der Waals surface area (Å²) in [6.45, 7) is 4.08. The van der Waals surface area contributed by atoms with Crippen LogP contribution in [0.2, 0.25) is 0 Å². The second-order valence-corrected chi connectivity index (χ2v) is 13.2. The molecule has 0 spiro atoms. The fourth-order valence-corrected chi connectivity index (χ4v) is 6.03. The fourth-order valence-electron chi connectivity index (χ4n) is 6.03. The Balaban J connectivity index is 0.000000144. The Hall–Kier alpha value is -7.73. The lowest BCUT2D eigenvalue weighted by Gasteiger charge is -2.04. The van der Waals surface area contributed by atoms with Crippen molar-refractivity contribution in [3.8, 4) is 33.6 Å². The van der Waals surface area contributed by atoms with Crippen molar-refractivity contribution in [2.24, 2.45) is 0 Å². The van der Waals surface area contributed by atoms with E-state index in [2.05, 4.69) is 48.9 Å². The highest BCUT2D eigenvalue weighted by atomic mass is 16.5. The molecule has 282 valence electrons. The van der Waals surface area contributed by atoms with Crippen LogP contribution in [0.3, 0.4) is 0 Å². The van der Waals surface area contributed by atoms with Gasteiger partial charge in [0.15, 0.2) is 17.6 Å². The summed E-state index contributed by atoms with van der Waals surface area (Å²) in [7, 11) is 1.39. The Morgan fingerprint density at radius 3 is 1.84 bits per heavy atom. The SMILES string of the molecule is COC(=O)Cc1ccccc1.Cc1ccc(-c2cc3ncc(C=O)c(N)n3n2)cc1.Cc1ccc(-c2cc3ncc4cc(-c5ccccc5)c(=O)[nH]c4n3n2)cc1. The van der Waals surface area contributed by atoms with Crippen LogP contribution in [0.1, 0.15) is 27.0 Å². The number of H-pyrrole nitrogens is 1. The van der Waals surface area contributed by atoms with Crippen LogP contribution >= 0.6 is 0 Å². The average molecular weight is 755 g/mol. The molecule has 5 heterocycles. The Morgan fingerprint density at radius 2 is 1.26 bits per heavy atom. The van der Waals surface area contributed by atoms with Gasteiger partial charge in [-0.2, -0.15) is 19.2 Å². The smallest absolute Gasteiger partial charge is 0.309 e. The van der Waals surface area contributed by atoms with Gasteiger partial charge in [0.05, 0.1) is 30.5 Å². The zero-order chi connectivity index (χ0) is 39.9. The molecule has 0 aliphatic carbocycles. The van der Waals surface area contributed by atoms with Crippen molar-refractivity contribution in [1.82, 2.24) is 34.2 Å². The molecule has 0 saturated heterocycles.